The molecule has 26 heteroatoms. The number of aromatic nitrogens is 4. The minimum atomic E-state index is -4.34. The van der Waals surface area contributed by atoms with Gasteiger partial charge in [-0.15, -0.1) is 11.6 Å². The molecule has 1 amide bonds. The number of carbonyl (C=O) groups excluding carboxylic acids is 1. The number of aryl methyl sites for hydroxylation is 2. The number of hydrogen-bond donors (Lipinski definition) is 4. The predicted molar refractivity (Wildman–Crippen MR) is 290 cm³/mol. The highest BCUT2D eigenvalue weighted by atomic mass is 35.5. The summed E-state index contributed by atoms with van der Waals surface area (Å²) < 4.78 is 95.8. The summed E-state index contributed by atoms with van der Waals surface area (Å²) in [6.45, 7) is 9.96. The molecule has 0 radical (unpaired) electrons. The first kappa shape index (κ1) is 59.7. The first-order valence-corrected chi connectivity index (χ1v) is 32.0. The van der Waals surface area contributed by atoms with Gasteiger partial charge in [-0.3, -0.25) is 42.8 Å². The third-order valence-corrected chi connectivity index (χ3v) is 21.6. The van der Waals surface area contributed by atoms with E-state index in [1.165, 1.54) is 9.47 Å². The van der Waals surface area contributed by atoms with Crippen LogP contribution in [0.2, 0.25) is 0 Å². The number of nitrogens with zero attached hydrogens (tertiary/aromatic N) is 6. The molecule has 10 rings (SSSR count). The van der Waals surface area contributed by atoms with Crippen molar-refractivity contribution in [2.75, 3.05) is 63.8 Å². The van der Waals surface area contributed by atoms with Crippen LogP contribution in [0.4, 0.5) is 17.6 Å². The number of carboxylic acid groups (broad SMARTS) is 1. The van der Waals surface area contributed by atoms with Crippen molar-refractivity contribution in [1.82, 2.24) is 44.3 Å². The lowest BCUT2D eigenvalue weighted by Crippen LogP contribution is -2.58. The third-order valence-electron chi connectivity index (χ3n) is 17.5. The van der Waals surface area contributed by atoms with Gasteiger partial charge >= 0.3 is 12.1 Å². The van der Waals surface area contributed by atoms with E-state index in [1.807, 2.05) is 11.8 Å². The highest BCUT2D eigenvalue weighted by Crippen LogP contribution is 2.49. The van der Waals surface area contributed by atoms with E-state index >= 15 is 4.39 Å². The molecule has 436 valence electrons. The fourth-order valence-corrected chi connectivity index (χ4v) is 18.5. The molecule has 3 bridgehead atoms. The second kappa shape index (κ2) is 24.9. The molecular weight excluding hydrogens is 1100 g/mol. The van der Waals surface area contributed by atoms with Gasteiger partial charge in [0.25, 0.3) is 11.1 Å². The number of carbonyl (C=O) groups is 2. The molecule has 1 saturated carbocycles. The minimum Gasteiger partial charge on any atom is -0.481 e. The van der Waals surface area contributed by atoms with Gasteiger partial charge in [-0.2, -0.15) is 36.7 Å². The molecule has 18 nitrogen and oxygen atoms in total. The van der Waals surface area contributed by atoms with Gasteiger partial charge < -0.3 is 25.2 Å². The highest BCUT2D eigenvalue weighted by molar-refractivity contribution is 8.00. The average molecular weight is 1180 g/mol. The lowest BCUT2D eigenvalue weighted by molar-refractivity contribution is -0.147. The number of hydrogen-bond acceptors (Lipinski definition) is 16. The largest absolute Gasteiger partial charge is 0.481 e. The summed E-state index contributed by atoms with van der Waals surface area (Å²) >= 11 is 10.1. The number of ether oxygens (including phenoxy) is 2. The van der Waals surface area contributed by atoms with Crippen LogP contribution in [0.1, 0.15) is 86.5 Å². The van der Waals surface area contributed by atoms with Crippen molar-refractivity contribution in [2.24, 2.45) is 35.5 Å². The number of aliphatic carboxylic acids is 1. The zero-order chi connectivity index (χ0) is 56.0. The third kappa shape index (κ3) is 13.9. The molecule has 5 fully saturated rings. The SMILES string of the molecule is Cc1nc2c(c(=O)n1CCOC1CCC(Cl)CC1C1CC(C)NC3C(C(=O)NS(C)(=O)=O)CSC13)CN(CC(F)(F)F)CC2.Cc1nc2c3c(=O)n1CCOCC(C1CC(C)NC4C(C(=O)O)CSC14)CC(F)CN(CC2)C3. The molecule has 0 aromatic carbocycles. The Morgan fingerprint density at radius 2 is 1.51 bits per heavy atom. The molecule has 9 heterocycles. The number of halogens is 5. The Morgan fingerprint density at radius 3 is 2.21 bits per heavy atom. The van der Waals surface area contributed by atoms with Crippen LogP contribution in [0.5, 0.6) is 0 Å². The Kier molecular flexibility index (Phi) is 19.1. The van der Waals surface area contributed by atoms with Gasteiger partial charge in [0.1, 0.15) is 17.8 Å². The molecule has 1 aliphatic carbocycles. The molecule has 7 aliphatic heterocycles. The van der Waals surface area contributed by atoms with Crippen LogP contribution in [0.15, 0.2) is 9.59 Å². The fourth-order valence-electron chi connectivity index (χ4n) is 13.9. The Balaban J connectivity index is 0.000000196. The number of amides is 1. The Hall–Kier alpha value is -2.88. The number of nitrogens with one attached hydrogen (secondary N) is 3. The van der Waals surface area contributed by atoms with Crippen molar-refractivity contribution in [1.29, 1.82) is 0 Å². The van der Waals surface area contributed by atoms with Crippen LogP contribution in [0.3, 0.4) is 0 Å². The zero-order valence-electron chi connectivity index (χ0n) is 45.0. The number of alkyl halides is 5. The van der Waals surface area contributed by atoms with Crippen molar-refractivity contribution >= 4 is 57.0 Å². The summed E-state index contributed by atoms with van der Waals surface area (Å²) in [5.74, 6) is 0.707. The van der Waals surface area contributed by atoms with Crippen molar-refractivity contribution in [3.05, 3.63) is 54.9 Å². The number of carboxylic acids is 1. The van der Waals surface area contributed by atoms with E-state index in [4.69, 9.17) is 21.1 Å². The normalized spacial score (nSPS) is 35.4. The van der Waals surface area contributed by atoms with Crippen LogP contribution in [0.25, 0.3) is 0 Å². The molecule has 8 aliphatic rings. The smallest absolute Gasteiger partial charge is 0.401 e. The zero-order valence-corrected chi connectivity index (χ0v) is 48.2. The molecule has 2 aromatic rings. The van der Waals surface area contributed by atoms with E-state index in [1.54, 1.807) is 35.0 Å². The molecular formula is C52H76ClF4N9O9S3. The quantitative estimate of drug-likeness (QED) is 0.196. The maximum Gasteiger partial charge on any atom is 0.401 e. The summed E-state index contributed by atoms with van der Waals surface area (Å²) in [7, 11) is -3.67. The second-order valence-electron chi connectivity index (χ2n) is 23.2. The van der Waals surface area contributed by atoms with Crippen LogP contribution in [0, 0.1) is 49.4 Å². The number of thioether (sulfide) groups is 2. The van der Waals surface area contributed by atoms with Crippen molar-refractivity contribution < 1.29 is 50.1 Å². The number of sulfonamides is 1. The van der Waals surface area contributed by atoms with E-state index in [0.717, 1.165) is 44.1 Å². The number of piperidine rings is 2. The summed E-state index contributed by atoms with van der Waals surface area (Å²) in [6.07, 6.45) is 0.906. The lowest BCUT2D eigenvalue weighted by atomic mass is 9.70. The Bertz CT molecular complexity index is 2750. The molecule has 16 atom stereocenters. The van der Waals surface area contributed by atoms with Crippen LogP contribution in [-0.2, 0) is 68.1 Å². The van der Waals surface area contributed by atoms with Gasteiger partial charge in [0.2, 0.25) is 15.9 Å². The van der Waals surface area contributed by atoms with Crippen LogP contribution in [-0.4, -0.2) is 177 Å². The van der Waals surface area contributed by atoms with Crippen LogP contribution >= 0.6 is 35.1 Å². The minimum absolute atomic E-state index is 0.00595. The summed E-state index contributed by atoms with van der Waals surface area (Å²) in [5, 5.41) is 17.0. The van der Waals surface area contributed by atoms with Gasteiger partial charge in [0.15, 0.2) is 0 Å². The second-order valence-corrected chi connectivity index (χ2v) is 28.0. The van der Waals surface area contributed by atoms with Gasteiger partial charge in [-0.05, 0) is 89.9 Å². The summed E-state index contributed by atoms with van der Waals surface area (Å²) in [5.41, 5.74) is 2.07. The van der Waals surface area contributed by atoms with Gasteiger partial charge in [0, 0.05) is 104 Å². The molecule has 4 saturated heterocycles. The predicted octanol–water partition coefficient (Wildman–Crippen LogP) is 3.91. The first-order chi connectivity index (χ1) is 36.9. The Morgan fingerprint density at radius 1 is 0.872 bits per heavy atom. The molecule has 78 heavy (non-hydrogen) atoms. The first-order valence-electron chi connectivity index (χ1n) is 27.6. The maximum atomic E-state index is 15.5. The van der Waals surface area contributed by atoms with Crippen molar-refractivity contribution in [3.8, 4) is 0 Å². The van der Waals surface area contributed by atoms with E-state index in [2.05, 4.69) is 39.2 Å². The topological polar surface area (TPSA) is 219 Å². The standard InChI is InChI=1S/C28H41ClF3N5O5S2.C24H35FN4O4S/c1-15-10-19(25-24(33-15)21(13-43-25)26(38)35-44(3,40)41)18-11-17(29)4-5-23(18)42-9-8-37-16(2)34-22-6-7-36(14-28(30,31)32)12-20(22)27(37)39;1-13-7-17(22-21(26-13)19(12-34-22)24(31)32)15-8-16(25)9-28-4-3-20-18(10-28)23(30)29(14(2)27-20)5-6-33-11-15/h15,17-19,21,23-25,33H,4-14H2,1-3H3,(H,35,38);13,15-17,19,21-22,26H,3-12H2,1-2H3,(H,31,32). The number of rotatable bonds is 10. The van der Waals surface area contributed by atoms with Crippen molar-refractivity contribution in [3.63, 3.8) is 0 Å². The van der Waals surface area contributed by atoms with Gasteiger partial charge in [-0.25, -0.2) is 22.8 Å². The van der Waals surface area contributed by atoms with Gasteiger partial charge in [0.05, 0.1) is 79.6 Å². The van der Waals surface area contributed by atoms with Gasteiger partial charge in [-0.1, -0.05) is 0 Å². The van der Waals surface area contributed by atoms with E-state index in [9.17, 15) is 45.9 Å². The van der Waals surface area contributed by atoms with Crippen LogP contribution < -0.4 is 26.5 Å². The maximum absolute atomic E-state index is 15.5. The van der Waals surface area contributed by atoms with E-state index < -0.39 is 52.6 Å². The molecule has 0 spiro atoms. The Labute approximate surface area is 467 Å². The fraction of sp³-hybridized carbons (Fsp3) is 0.808. The van der Waals surface area contributed by atoms with E-state index in [0.29, 0.717) is 98.6 Å². The molecule has 2 aromatic heterocycles. The summed E-state index contributed by atoms with van der Waals surface area (Å²) in [4.78, 5) is 63.7. The number of fused-ring (bicyclic) bond motifs is 5. The molecule has 16 unspecified atom stereocenters. The van der Waals surface area contributed by atoms with Crippen molar-refractivity contribution in [2.45, 2.75) is 164 Å². The monoisotopic (exact) mass is 1180 g/mol. The summed E-state index contributed by atoms with van der Waals surface area (Å²) in [6, 6.07) is 0.0352. The highest BCUT2D eigenvalue weighted by Gasteiger charge is 2.53. The average Bonchev–Trinajstić information content (AvgIpc) is 3.99. The van der Waals surface area contributed by atoms with E-state index in [-0.39, 0.29) is 107 Å². The lowest BCUT2D eigenvalue weighted by Gasteiger charge is -2.47. The molecule has 4 N–H and O–H groups in total.